The largest absolute Gasteiger partial charge is 0.345 e. The van der Waals surface area contributed by atoms with Gasteiger partial charge < -0.3 is 5.32 Å². The molecule has 0 aliphatic rings. The second kappa shape index (κ2) is 6.96. The lowest BCUT2D eigenvalue weighted by atomic mass is 10.0. The van der Waals surface area contributed by atoms with Gasteiger partial charge in [0.05, 0.1) is 5.52 Å². The summed E-state index contributed by atoms with van der Waals surface area (Å²) in [6.45, 7) is 0. The molecule has 0 aliphatic carbocycles. The van der Waals surface area contributed by atoms with Gasteiger partial charge >= 0.3 is 0 Å². The molecular weight excluding hydrogens is 310 g/mol. The molecule has 116 valence electrons. The van der Waals surface area contributed by atoms with Gasteiger partial charge in [0.2, 0.25) is 0 Å². The number of nitrogens with zero attached hydrogens (tertiary/aromatic N) is 4. The van der Waals surface area contributed by atoms with E-state index < -0.39 is 0 Å². The number of hydrogen-bond acceptors (Lipinski definition) is 5. The molecule has 2 aromatic carbocycles. The minimum absolute atomic E-state index is 0.0647. The quantitative estimate of drug-likeness (QED) is 0.731. The number of benzene rings is 2. The molecule has 0 unspecified atom stereocenters. The second-order valence-electron chi connectivity index (χ2n) is 5.20. The van der Waals surface area contributed by atoms with Crippen molar-refractivity contribution in [2.24, 2.45) is 0 Å². The zero-order valence-electron chi connectivity index (χ0n) is 13.1. The van der Waals surface area contributed by atoms with Gasteiger partial charge in [-0.15, -0.1) is 0 Å². The Morgan fingerprint density at radius 1 is 0.840 bits per heavy atom. The van der Waals surface area contributed by atoms with Crippen LogP contribution in [0.4, 0.5) is 5.69 Å². The fourth-order valence-corrected chi connectivity index (χ4v) is 2.40. The minimum atomic E-state index is -0.245. The summed E-state index contributed by atoms with van der Waals surface area (Å²) in [5.74, 6) is 0. The maximum Gasteiger partial charge on any atom is 0.163 e. The third-order valence-corrected chi connectivity index (χ3v) is 3.66. The van der Waals surface area contributed by atoms with Crippen LogP contribution in [0.25, 0.3) is 22.0 Å². The molecular formula is C20H11N5. The minimum Gasteiger partial charge on any atom is -0.345 e. The summed E-state index contributed by atoms with van der Waals surface area (Å²) in [4.78, 5) is 4.45. The molecule has 5 heteroatoms. The van der Waals surface area contributed by atoms with Crippen molar-refractivity contribution < 1.29 is 0 Å². The third kappa shape index (κ3) is 3.29. The summed E-state index contributed by atoms with van der Waals surface area (Å²) < 4.78 is 0. The van der Waals surface area contributed by atoms with Crippen LogP contribution in [0.1, 0.15) is 0 Å². The fourth-order valence-electron chi connectivity index (χ4n) is 2.40. The molecule has 0 spiro atoms. The van der Waals surface area contributed by atoms with Crippen LogP contribution in [0.15, 0.2) is 72.1 Å². The molecule has 25 heavy (non-hydrogen) atoms. The maximum atomic E-state index is 9.07. The number of hydrogen-bond donors (Lipinski definition) is 1. The summed E-state index contributed by atoms with van der Waals surface area (Å²) in [5, 5.41) is 30.6. The summed E-state index contributed by atoms with van der Waals surface area (Å²) in [6.07, 6.45) is 1.81. The fraction of sp³-hybridized carbons (Fsp3) is 0. The topological polar surface area (TPSA) is 96.3 Å². The van der Waals surface area contributed by atoms with Gasteiger partial charge in [0.1, 0.15) is 23.9 Å². The lowest BCUT2D eigenvalue weighted by molar-refractivity contribution is 1.37. The van der Waals surface area contributed by atoms with E-state index in [2.05, 4.69) is 16.4 Å². The highest BCUT2D eigenvalue weighted by atomic mass is 14.9. The number of rotatable bonds is 3. The van der Waals surface area contributed by atoms with Crippen molar-refractivity contribution in [1.29, 1.82) is 15.8 Å². The van der Waals surface area contributed by atoms with Crippen LogP contribution in [-0.2, 0) is 0 Å². The van der Waals surface area contributed by atoms with Crippen molar-refractivity contribution in [3.63, 3.8) is 0 Å². The van der Waals surface area contributed by atoms with Crippen molar-refractivity contribution in [3.8, 4) is 29.3 Å². The van der Waals surface area contributed by atoms with Crippen molar-refractivity contribution in [2.75, 3.05) is 5.32 Å². The highest BCUT2D eigenvalue weighted by Crippen LogP contribution is 2.24. The van der Waals surface area contributed by atoms with E-state index in [1.54, 1.807) is 24.3 Å². The van der Waals surface area contributed by atoms with Crippen molar-refractivity contribution in [2.45, 2.75) is 0 Å². The highest BCUT2D eigenvalue weighted by Gasteiger charge is 2.06. The van der Waals surface area contributed by atoms with E-state index in [0.717, 1.165) is 22.0 Å². The van der Waals surface area contributed by atoms with Gasteiger partial charge in [-0.05, 0) is 29.8 Å². The van der Waals surface area contributed by atoms with E-state index in [1.807, 2.05) is 48.7 Å². The maximum absolute atomic E-state index is 9.07. The Morgan fingerprint density at radius 2 is 1.56 bits per heavy atom. The molecule has 0 atom stereocenters. The summed E-state index contributed by atoms with van der Waals surface area (Å²) >= 11 is 0. The average Bonchev–Trinajstić information content (AvgIpc) is 2.68. The number of para-hydroxylation sites is 1. The second-order valence-corrected chi connectivity index (χ2v) is 5.20. The molecule has 3 rings (SSSR count). The van der Waals surface area contributed by atoms with E-state index >= 15 is 0 Å². The standard InChI is InChI=1S/C20H11N5/c21-10-17(11-22)20(12-23)25-18-7-5-14(6-8-18)16-9-15-3-1-2-4-19(15)24-13-16/h1-9,13,25H. The molecule has 0 radical (unpaired) electrons. The Balaban J connectivity index is 1.90. The molecule has 5 nitrogen and oxygen atoms in total. The van der Waals surface area contributed by atoms with Crippen molar-refractivity contribution in [1.82, 2.24) is 4.98 Å². The molecule has 3 aromatic rings. The van der Waals surface area contributed by atoms with Gasteiger partial charge in [-0.1, -0.05) is 30.3 Å². The Bertz CT molecular complexity index is 1070. The number of aromatic nitrogens is 1. The first-order valence-corrected chi connectivity index (χ1v) is 7.42. The van der Waals surface area contributed by atoms with Crippen molar-refractivity contribution in [3.05, 3.63) is 72.1 Å². The molecule has 0 saturated heterocycles. The molecule has 1 N–H and O–H groups in total. The van der Waals surface area contributed by atoms with Crippen LogP contribution in [0.3, 0.4) is 0 Å². The predicted octanol–water partition coefficient (Wildman–Crippen LogP) is 4.14. The average molecular weight is 321 g/mol. The number of pyridine rings is 1. The Hall–Kier alpha value is -4.14. The number of nitrogens with one attached hydrogen (secondary N) is 1. The summed E-state index contributed by atoms with van der Waals surface area (Å²) in [7, 11) is 0. The van der Waals surface area contributed by atoms with Gasteiger partial charge in [-0.2, -0.15) is 15.8 Å². The predicted molar refractivity (Wildman–Crippen MR) is 94.7 cm³/mol. The van der Waals surface area contributed by atoms with E-state index in [-0.39, 0.29) is 11.3 Å². The van der Waals surface area contributed by atoms with Crippen LogP contribution in [0.2, 0.25) is 0 Å². The van der Waals surface area contributed by atoms with Crippen LogP contribution in [0, 0.1) is 34.0 Å². The Morgan fingerprint density at radius 3 is 2.24 bits per heavy atom. The van der Waals surface area contributed by atoms with Crippen LogP contribution in [0.5, 0.6) is 0 Å². The Kier molecular flexibility index (Phi) is 4.38. The van der Waals surface area contributed by atoms with Crippen LogP contribution in [-0.4, -0.2) is 4.98 Å². The van der Waals surface area contributed by atoms with Crippen molar-refractivity contribution >= 4 is 16.6 Å². The van der Waals surface area contributed by atoms with Gasteiger partial charge in [0.15, 0.2) is 5.57 Å². The van der Waals surface area contributed by atoms with E-state index in [9.17, 15) is 0 Å². The molecule has 0 saturated carbocycles. The van der Waals surface area contributed by atoms with Gasteiger partial charge in [-0.25, -0.2) is 0 Å². The first-order chi connectivity index (χ1) is 12.2. The SMILES string of the molecule is N#CC(C#N)=C(C#N)Nc1ccc(-c2cnc3ccccc3c2)cc1. The monoisotopic (exact) mass is 321 g/mol. The highest BCUT2D eigenvalue weighted by molar-refractivity contribution is 5.83. The van der Waals surface area contributed by atoms with Gasteiger partial charge in [0, 0.05) is 22.8 Å². The zero-order chi connectivity index (χ0) is 17.6. The molecule has 0 fully saturated rings. The first kappa shape index (κ1) is 15.7. The smallest absolute Gasteiger partial charge is 0.163 e. The van der Waals surface area contributed by atoms with Crippen LogP contribution >= 0.6 is 0 Å². The van der Waals surface area contributed by atoms with E-state index in [4.69, 9.17) is 15.8 Å². The van der Waals surface area contributed by atoms with Gasteiger partial charge in [0.25, 0.3) is 0 Å². The Labute approximate surface area is 144 Å². The van der Waals surface area contributed by atoms with E-state index in [0.29, 0.717) is 5.69 Å². The molecule has 0 aliphatic heterocycles. The van der Waals surface area contributed by atoms with Crippen LogP contribution < -0.4 is 5.32 Å². The lowest BCUT2D eigenvalue weighted by Crippen LogP contribution is -2.00. The van der Waals surface area contributed by atoms with Gasteiger partial charge in [-0.3, -0.25) is 4.98 Å². The zero-order valence-corrected chi connectivity index (χ0v) is 13.1. The molecule has 1 heterocycles. The number of fused-ring (bicyclic) bond motifs is 1. The van der Waals surface area contributed by atoms with E-state index in [1.165, 1.54) is 0 Å². The number of anilines is 1. The summed E-state index contributed by atoms with van der Waals surface area (Å²) in [5.41, 5.74) is 3.21. The molecule has 1 aromatic heterocycles. The normalized spacial score (nSPS) is 9.48. The molecule has 0 bridgehead atoms. The molecule has 0 amide bonds. The lowest BCUT2D eigenvalue weighted by Gasteiger charge is -2.07. The number of allylic oxidation sites excluding steroid dienone is 2. The number of nitriles is 3. The third-order valence-electron chi connectivity index (χ3n) is 3.66. The first-order valence-electron chi connectivity index (χ1n) is 7.42. The summed E-state index contributed by atoms with van der Waals surface area (Å²) in [6, 6.07) is 22.5.